The normalized spacial score (nSPS) is 12.9. The highest BCUT2D eigenvalue weighted by atomic mass is 19.4. The van der Waals surface area contributed by atoms with Crippen LogP contribution in [0, 0.1) is 0 Å². The molecule has 0 heterocycles. The van der Waals surface area contributed by atoms with Crippen molar-refractivity contribution in [1.82, 2.24) is 0 Å². The van der Waals surface area contributed by atoms with Gasteiger partial charge in [0.15, 0.2) is 6.29 Å². The van der Waals surface area contributed by atoms with Crippen LogP contribution in [0.4, 0.5) is 32.0 Å². The van der Waals surface area contributed by atoms with Crippen molar-refractivity contribution in [1.29, 1.82) is 0 Å². The number of nitrogens with one attached hydrogen (secondary N) is 1. The third-order valence-corrected chi connectivity index (χ3v) is 3.71. The molecule has 10 heteroatoms. The Kier molecular flexibility index (Phi) is 4.75. The van der Waals surface area contributed by atoms with E-state index in [1.807, 2.05) is 5.32 Å². The van der Waals surface area contributed by atoms with Crippen molar-refractivity contribution >= 4 is 28.7 Å². The van der Waals surface area contributed by atoms with Crippen LogP contribution in [0.3, 0.4) is 0 Å². The van der Waals surface area contributed by atoms with Crippen LogP contribution in [-0.4, -0.2) is 29.7 Å². The number of carbonyl (C=O) groups is 2. The molecule has 0 aliphatic heterocycles. The van der Waals surface area contributed by atoms with E-state index >= 15 is 0 Å². The van der Waals surface area contributed by atoms with E-state index in [1.54, 1.807) is 0 Å². The summed E-state index contributed by atoms with van der Waals surface area (Å²) in [4.78, 5) is 22.6. The SMILES string of the molecule is CC(=O)Nc1c(C(O)(C(F)(F)F)C(F)(F)F)cc(C=O)c2ccccc12. The van der Waals surface area contributed by atoms with E-state index in [1.165, 1.54) is 18.2 Å². The van der Waals surface area contributed by atoms with Crippen molar-refractivity contribution < 1.29 is 41.0 Å². The number of carbonyl (C=O) groups excluding carboxylic acids is 2. The van der Waals surface area contributed by atoms with E-state index in [-0.39, 0.29) is 23.1 Å². The second-order valence-corrected chi connectivity index (χ2v) is 5.44. The molecule has 2 aromatic rings. The molecular formula is C16H11F6NO3. The summed E-state index contributed by atoms with van der Waals surface area (Å²) >= 11 is 0. The van der Waals surface area contributed by atoms with Gasteiger partial charge in [-0.25, -0.2) is 0 Å². The number of amides is 1. The van der Waals surface area contributed by atoms with Crippen LogP contribution in [0.25, 0.3) is 10.8 Å². The number of rotatable bonds is 3. The smallest absolute Gasteiger partial charge is 0.369 e. The zero-order valence-corrected chi connectivity index (χ0v) is 13.0. The quantitative estimate of drug-likeness (QED) is 0.628. The van der Waals surface area contributed by atoms with Crippen molar-refractivity contribution in [2.24, 2.45) is 0 Å². The molecule has 0 aliphatic carbocycles. The summed E-state index contributed by atoms with van der Waals surface area (Å²) in [5.74, 6) is -0.957. The topological polar surface area (TPSA) is 66.4 Å². The number of hydrogen-bond acceptors (Lipinski definition) is 3. The molecule has 0 saturated carbocycles. The van der Waals surface area contributed by atoms with Gasteiger partial charge in [-0.2, -0.15) is 26.3 Å². The van der Waals surface area contributed by atoms with Gasteiger partial charge in [0, 0.05) is 23.4 Å². The minimum Gasteiger partial charge on any atom is -0.369 e. The summed E-state index contributed by atoms with van der Waals surface area (Å²) in [6.45, 7) is 0.881. The number of alkyl halides is 6. The number of aldehydes is 1. The van der Waals surface area contributed by atoms with Crippen LogP contribution in [0.5, 0.6) is 0 Å². The Morgan fingerprint density at radius 1 is 1.04 bits per heavy atom. The van der Waals surface area contributed by atoms with Gasteiger partial charge < -0.3 is 10.4 Å². The van der Waals surface area contributed by atoms with Crippen LogP contribution >= 0.6 is 0 Å². The zero-order valence-electron chi connectivity index (χ0n) is 13.0. The largest absolute Gasteiger partial charge is 0.430 e. The van der Waals surface area contributed by atoms with E-state index in [9.17, 15) is 41.0 Å². The van der Waals surface area contributed by atoms with E-state index in [4.69, 9.17) is 0 Å². The Morgan fingerprint density at radius 2 is 1.54 bits per heavy atom. The molecule has 0 aliphatic rings. The summed E-state index contributed by atoms with van der Waals surface area (Å²) < 4.78 is 79.6. The molecule has 0 atom stereocenters. The molecule has 2 rings (SSSR count). The van der Waals surface area contributed by atoms with Crippen molar-refractivity contribution in [2.75, 3.05) is 5.32 Å². The number of fused-ring (bicyclic) bond motifs is 1. The molecule has 2 aromatic carbocycles. The Morgan fingerprint density at radius 3 is 1.96 bits per heavy atom. The van der Waals surface area contributed by atoms with Crippen molar-refractivity contribution in [3.05, 3.63) is 41.5 Å². The number of anilines is 1. The molecule has 0 spiro atoms. The molecule has 0 radical (unpaired) electrons. The predicted molar refractivity (Wildman–Crippen MR) is 79.6 cm³/mol. The zero-order chi connectivity index (χ0) is 19.9. The number of hydrogen-bond donors (Lipinski definition) is 2. The van der Waals surface area contributed by atoms with Gasteiger partial charge in [0.1, 0.15) is 0 Å². The molecule has 0 unspecified atom stereocenters. The average Bonchev–Trinajstić information content (AvgIpc) is 2.51. The summed E-state index contributed by atoms with van der Waals surface area (Å²) in [7, 11) is 0. The maximum Gasteiger partial charge on any atom is 0.430 e. The van der Waals surface area contributed by atoms with E-state index in [2.05, 4.69) is 0 Å². The van der Waals surface area contributed by atoms with Gasteiger partial charge in [0.05, 0.1) is 5.69 Å². The van der Waals surface area contributed by atoms with Crippen molar-refractivity contribution in [3.8, 4) is 0 Å². The first-order valence-electron chi connectivity index (χ1n) is 6.99. The van der Waals surface area contributed by atoms with Crippen LogP contribution in [0.1, 0.15) is 22.8 Å². The third-order valence-electron chi connectivity index (χ3n) is 3.71. The van der Waals surface area contributed by atoms with Gasteiger partial charge in [-0.1, -0.05) is 24.3 Å². The third kappa shape index (κ3) is 3.00. The first-order chi connectivity index (χ1) is 11.8. The highest BCUT2D eigenvalue weighted by Gasteiger charge is 2.72. The highest BCUT2D eigenvalue weighted by molar-refractivity contribution is 6.09. The Bertz CT molecular complexity index is 859. The van der Waals surface area contributed by atoms with Gasteiger partial charge in [-0.05, 0) is 11.5 Å². The molecular weight excluding hydrogens is 368 g/mol. The van der Waals surface area contributed by atoms with Crippen molar-refractivity contribution in [3.63, 3.8) is 0 Å². The van der Waals surface area contributed by atoms with Gasteiger partial charge in [0.25, 0.3) is 5.60 Å². The minimum atomic E-state index is -6.17. The Balaban J connectivity index is 3.05. The van der Waals surface area contributed by atoms with Gasteiger partial charge in [-0.15, -0.1) is 0 Å². The molecule has 1 amide bonds. The first kappa shape index (κ1) is 19.7. The minimum absolute atomic E-state index is 0.0155. The lowest BCUT2D eigenvalue weighted by Crippen LogP contribution is -2.54. The maximum atomic E-state index is 13.3. The van der Waals surface area contributed by atoms with Gasteiger partial charge >= 0.3 is 12.4 Å². The van der Waals surface area contributed by atoms with Gasteiger partial charge in [0.2, 0.25) is 5.91 Å². The van der Waals surface area contributed by atoms with Crippen LogP contribution in [0.2, 0.25) is 0 Å². The molecule has 26 heavy (non-hydrogen) atoms. The average molecular weight is 379 g/mol. The van der Waals surface area contributed by atoms with E-state index in [0.29, 0.717) is 0 Å². The van der Waals surface area contributed by atoms with Crippen molar-refractivity contribution in [2.45, 2.75) is 24.9 Å². The fourth-order valence-corrected chi connectivity index (χ4v) is 2.56. The van der Waals surface area contributed by atoms with E-state index < -0.39 is 40.7 Å². The number of halogens is 6. The second-order valence-electron chi connectivity index (χ2n) is 5.44. The molecule has 0 bridgehead atoms. The standard InChI is InChI=1S/C16H11F6NO3/c1-8(25)23-13-11-5-3-2-4-10(11)9(7-24)6-12(13)14(26,15(17,18)19)16(20,21)22/h2-7,26H,1H3,(H,23,25). The lowest BCUT2D eigenvalue weighted by molar-refractivity contribution is -0.376. The lowest BCUT2D eigenvalue weighted by Gasteiger charge is -2.34. The van der Waals surface area contributed by atoms with Gasteiger partial charge in [-0.3, -0.25) is 9.59 Å². The van der Waals surface area contributed by atoms with Crippen LogP contribution in [-0.2, 0) is 10.4 Å². The molecule has 0 fully saturated rings. The first-order valence-corrected chi connectivity index (χ1v) is 6.99. The Labute approximate surface area is 142 Å². The second kappa shape index (κ2) is 6.27. The highest BCUT2D eigenvalue weighted by Crippen LogP contribution is 2.53. The summed E-state index contributed by atoms with van der Waals surface area (Å²) in [5.41, 5.74) is -8.36. The fraction of sp³-hybridized carbons (Fsp3) is 0.250. The molecule has 2 N–H and O–H groups in total. The predicted octanol–water partition coefficient (Wildman–Crippen LogP) is 3.92. The fourth-order valence-electron chi connectivity index (χ4n) is 2.56. The van der Waals surface area contributed by atoms with E-state index in [0.717, 1.165) is 13.0 Å². The molecule has 0 saturated heterocycles. The molecule has 140 valence electrons. The number of benzene rings is 2. The van der Waals surface area contributed by atoms with Crippen LogP contribution < -0.4 is 5.32 Å². The van der Waals surface area contributed by atoms with Crippen LogP contribution in [0.15, 0.2) is 30.3 Å². The summed E-state index contributed by atoms with van der Waals surface area (Å²) in [5, 5.41) is 11.4. The molecule has 0 aromatic heterocycles. The number of aliphatic hydroxyl groups is 1. The monoisotopic (exact) mass is 379 g/mol. The Hall–Kier alpha value is -2.62. The summed E-state index contributed by atoms with van der Waals surface area (Å²) in [6.07, 6.45) is -12.3. The summed E-state index contributed by atoms with van der Waals surface area (Å²) in [6, 6.07) is 5.40. The molecule has 4 nitrogen and oxygen atoms in total. The lowest BCUT2D eigenvalue weighted by atomic mass is 9.86. The maximum absolute atomic E-state index is 13.3.